The Kier molecular flexibility index (Phi) is 7.28. The van der Waals surface area contributed by atoms with E-state index in [4.69, 9.17) is 21.1 Å². The van der Waals surface area contributed by atoms with Crippen molar-refractivity contribution in [1.82, 2.24) is 0 Å². The van der Waals surface area contributed by atoms with Gasteiger partial charge in [-0.1, -0.05) is 23.7 Å². The van der Waals surface area contributed by atoms with E-state index in [2.05, 4.69) is 5.32 Å². The lowest BCUT2D eigenvalue weighted by Crippen LogP contribution is -2.21. The summed E-state index contributed by atoms with van der Waals surface area (Å²) in [6.07, 6.45) is -4.12. The smallest absolute Gasteiger partial charge is 0.416 e. The predicted molar refractivity (Wildman–Crippen MR) is 97.4 cm³/mol. The van der Waals surface area contributed by atoms with Gasteiger partial charge in [0.25, 0.3) is 5.91 Å². The molecule has 0 aliphatic rings. The Labute approximate surface area is 164 Å². The molecule has 0 spiro atoms. The Morgan fingerprint density at radius 2 is 1.79 bits per heavy atom. The van der Waals surface area contributed by atoms with E-state index in [1.165, 1.54) is 0 Å². The van der Waals surface area contributed by atoms with Gasteiger partial charge in [-0.25, -0.2) is 0 Å². The van der Waals surface area contributed by atoms with E-state index in [-0.39, 0.29) is 17.1 Å². The maximum Gasteiger partial charge on any atom is 0.416 e. The number of amides is 1. The van der Waals surface area contributed by atoms with Crippen molar-refractivity contribution in [2.45, 2.75) is 19.0 Å². The van der Waals surface area contributed by atoms with Crippen LogP contribution in [-0.4, -0.2) is 25.6 Å². The van der Waals surface area contributed by atoms with Crippen molar-refractivity contribution in [3.05, 3.63) is 58.6 Å². The van der Waals surface area contributed by atoms with Crippen LogP contribution in [0.4, 0.5) is 18.9 Å². The van der Waals surface area contributed by atoms with Crippen molar-refractivity contribution >= 4 is 29.2 Å². The number of methoxy groups -OCH3 is 1. The van der Waals surface area contributed by atoms with E-state index in [0.717, 1.165) is 17.7 Å². The van der Waals surface area contributed by atoms with Gasteiger partial charge in [-0.05, 0) is 42.3 Å². The van der Waals surface area contributed by atoms with E-state index in [9.17, 15) is 22.8 Å². The molecular weight excluding hydrogens is 399 g/mol. The van der Waals surface area contributed by atoms with Crippen LogP contribution in [0.3, 0.4) is 0 Å². The lowest BCUT2D eigenvalue weighted by atomic mass is 10.1. The number of alkyl halides is 3. The average Bonchev–Trinajstić information content (AvgIpc) is 2.66. The molecule has 28 heavy (non-hydrogen) atoms. The third-order valence-corrected chi connectivity index (χ3v) is 4.04. The van der Waals surface area contributed by atoms with Crippen molar-refractivity contribution in [1.29, 1.82) is 0 Å². The lowest BCUT2D eigenvalue weighted by molar-refractivity contribution is -0.147. The molecule has 2 aromatic rings. The van der Waals surface area contributed by atoms with Gasteiger partial charge in [-0.2, -0.15) is 13.2 Å². The molecule has 0 radical (unpaired) electrons. The molecule has 0 aliphatic heterocycles. The Morgan fingerprint density at radius 1 is 1.11 bits per heavy atom. The van der Waals surface area contributed by atoms with Gasteiger partial charge in [0, 0.05) is 6.42 Å². The molecule has 5 nitrogen and oxygen atoms in total. The summed E-state index contributed by atoms with van der Waals surface area (Å²) in [5.41, 5.74) is -0.280. The molecule has 2 rings (SSSR count). The summed E-state index contributed by atoms with van der Waals surface area (Å²) in [5.74, 6) is -0.712. The number of ether oxygens (including phenoxy) is 2. The standard InChI is InChI=1S/C19H17ClF3NO4/c1-27-14-6-2-12(3-7-14)4-9-18(26)28-11-17(25)24-16-10-13(19(21,22)23)5-8-15(16)20/h2-3,5-8,10H,4,9,11H2,1H3,(H,24,25). The number of nitrogens with one attached hydrogen (secondary N) is 1. The summed E-state index contributed by atoms with van der Waals surface area (Å²) in [6, 6.07) is 9.66. The van der Waals surface area contributed by atoms with Crippen molar-refractivity contribution in [3.8, 4) is 5.75 Å². The largest absolute Gasteiger partial charge is 0.497 e. The number of hydrogen-bond donors (Lipinski definition) is 1. The molecule has 0 fully saturated rings. The number of anilines is 1. The number of hydrogen-bond acceptors (Lipinski definition) is 4. The van der Waals surface area contributed by atoms with Gasteiger partial charge in [0.05, 0.1) is 23.4 Å². The Balaban J connectivity index is 1.82. The fraction of sp³-hybridized carbons (Fsp3) is 0.263. The zero-order valence-electron chi connectivity index (χ0n) is 14.8. The van der Waals surface area contributed by atoms with Crippen molar-refractivity contribution in [3.63, 3.8) is 0 Å². The van der Waals surface area contributed by atoms with Gasteiger partial charge in [0.1, 0.15) is 5.75 Å². The second kappa shape index (κ2) is 9.45. The van der Waals surface area contributed by atoms with Gasteiger partial charge < -0.3 is 14.8 Å². The summed E-state index contributed by atoms with van der Waals surface area (Å²) in [6.45, 7) is -0.631. The molecule has 0 atom stereocenters. The number of carbonyl (C=O) groups is 2. The molecule has 1 N–H and O–H groups in total. The molecule has 9 heteroatoms. The van der Waals surface area contributed by atoms with Crippen LogP contribution in [0.5, 0.6) is 5.75 Å². The zero-order chi connectivity index (χ0) is 20.7. The van der Waals surface area contributed by atoms with Crippen LogP contribution in [0.1, 0.15) is 17.5 Å². The monoisotopic (exact) mass is 415 g/mol. The SMILES string of the molecule is COc1ccc(CCC(=O)OCC(=O)Nc2cc(C(F)(F)F)ccc2Cl)cc1. The molecular formula is C19H17ClF3NO4. The first-order valence-corrected chi connectivity index (χ1v) is 8.52. The highest BCUT2D eigenvalue weighted by atomic mass is 35.5. The van der Waals surface area contributed by atoms with Crippen LogP contribution in [0.25, 0.3) is 0 Å². The van der Waals surface area contributed by atoms with Crippen molar-refractivity contribution in [2.75, 3.05) is 19.0 Å². The molecule has 1 amide bonds. The lowest BCUT2D eigenvalue weighted by Gasteiger charge is -2.12. The van der Waals surface area contributed by atoms with E-state index in [1.807, 2.05) is 0 Å². The zero-order valence-corrected chi connectivity index (χ0v) is 15.6. The second-order valence-corrected chi connectivity index (χ2v) is 6.16. The number of rotatable bonds is 7. The molecule has 150 valence electrons. The third-order valence-electron chi connectivity index (χ3n) is 3.71. The Bertz CT molecular complexity index is 838. The molecule has 0 aromatic heterocycles. The molecule has 0 heterocycles. The van der Waals surface area contributed by atoms with E-state index >= 15 is 0 Å². The number of esters is 1. The van der Waals surface area contributed by atoms with Crippen molar-refractivity contribution < 1.29 is 32.2 Å². The first-order valence-electron chi connectivity index (χ1n) is 8.14. The summed E-state index contributed by atoms with van der Waals surface area (Å²) in [7, 11) is 1.55. The van der Waals surface area contributed by atoms with E-state index in [1.54, 1.807) is 31.4 Å². The predicted octanol–water partition coefficient (Wildman–Crippen LogP) is 4.48. The summed E-state index contributed by atoms with van der Waals surface area (Å²) < 4.78 is 48.1. The quantitative estimate of drug-likeness (QED) is 0.677. The maximum atomic E-state index is 12.7. The Morgan fingerprint density at radius 3 is 2.39 bits per heavy atom. The highest BCUT2D eigenvalue weighted by Crippen LogP contribution is 2.33. The van der Waals surface area contributed by atoms with Crippen LogP contribution in [0.15, 0.2) is 42.5 Å². The van der Waals surface area contributed by atoms with Gasteiger partial charge >= 0.3 is 12.1 Å². The summed E-state index contributed by atoms with van der Waals surface area (Å²) in [5, 5.41) is 2.14. The second-order valence-electron chi connectivity index (χ2n) is 5.75. The van der Waals surface area contributed by atoms with Crippen molar-refractivity contribution in [2.24, 2.45) is 0 Å². The third kappa shape index (κ3) is 6.45. The molecule has 0 saturated heterocycles. The van der Waals surface area contributed by atoms with E-state index in [0.29, 0.717) is 18.2 Å². The van der Waals surface area contributed by atoms with Gasteiger partial charge in [-0.15, -0.1) is 0 Å². The highest BCUT2D eigenvalue weighted by Gasteiger charge is 2.31. The fourth-order valence-electron chi connectivity index (χ4n) is 2.24. The van der Waals surface area contributed by atoms with Crippen LogP contribution in [0, 0.1) is 0 Å². The Hall–Kier alpha value is -2.74. The van der Waals surface area contributed by atoms with Gasteiger partial charge in [0.15, 0.2) is 6.61 Å². The fourth-order valence-corrected chi connectivity index (χ4v) is 2.41. The number of halogens is 4. The minimum absolute atomic E-state index is 0.0456. The minimum atomic E-state index is -4.57. The molecule has 0 bridgehead atoms. The molecule has 0 aliphatic carbocycles. The van der Waals surface area contributed by atoms with Crippen LogP contribution >= 0.6 is 11.6 Å². The number of carbonyl (C=O) groups excluding carboxylic acids is 2. The van der Waals surface area contributed by atoms with Gasteiger partial charge in [-0.3, -0.25) is 9.59 Å². The molecule has 2 aromatic carbocycles. The van der Waals surface area contributed by atoms with E-state index < -0.39 is 30.2 Å². The summed E-state index contributed by atoms with van der Waals surface area (Å²) in [4.78, 5) is 23.6. The average molecular weight is 416 g/mol. The molecule has 0 saturated carbocycles. The minimum Gasteiger partial charge on any atom is -0.497 e. The maximum absolute atomic E-state index is 12.7. The van der Waals surface area contributed by atoms with Crippen LogP contribution in [-0.2, 0) is 26.9 Å². The first-order chi connectivity index (χ1) is 13.2. The topological polar surface area (TPSA) is 64.6 Å². The van der Waals surface area contributed by atoms with Crippen LogP contribution in [0.2, 0.25) is 5.02 Å². The summed E-state index contributed by atoms with van der Waals surface area (Å²) >= 11 is 5.79. The number of aryl methyl sites for hydroxylation is 1. The first kappa shape index (κ1) is 21.6. The number of benzene rings is 2. The highest BCUT2D eigenvalue weighted by molar-refractivity contribution is 6.33. The normalized spacial score (nSPS) is 11.0. The molecule has 0 unspecified atom stereocenters. The van der Waals surface area contributed by atoms with Gasteiger partial charge in [0.2, 0.25) is 0 Å². The van der Waals surface area contributed by atoms with Crippen LogP contribution < -0.4 is 10.1 Å².